The number of piperidine rings is 2. The molecule has 0 aliphatic carbocycles. The lowest BCUT2D eigenvalue weighted by Gasteiger charge is -2.37. The van der Waals surface area contributed by atoms with E-state index in [-0.39, 0.29) is 22.9 Å². The molecule has 2 aliphatic rings. The Bertz CT molecular complexity index is 769. The van der Waals surface area contributed by atoms with Gasteiger partial charge in [-0.1, -0.05) is 13.3 Å². The van der Waals surface area contributed by atoms with Crippen molar-refractivity contribution in [3.63, 3.8) is 0 Å². The topological polar surface area (TPSA) is 69.7 Å². The van der Waals surface area contributed by atoms with Gasteiger partial charge in [-0.3, -0.25) is 9.69 Å². The van der Waals surface area contributed by atoms with Crippen LogP contribution in [0.25, 0.3) is 0 Å². The van der Waals surface area contributed by atoms with Crippen LogP contribution < -0.4 is 5.32 Å². The highest BCUT2D eigenvalue weighted by Crippen LogP contribution is 2.30. The highest BCUT2D eigenvalue weighted by molar-refractivity contribution is 7.89. The largest absolute Gasteiger partial charge is 0.325 e. The smallest absolute Gasteiger partial charge is 0.243 e. The molecule has 28 heavy (non-hydrogen) atoms. The van der Waals surface area contributed by atoms with E-state index in [1.807, 2.05) is 13.8 Å². The second-order valence-corrected chi connectivity index (χ2v) is 10.4. The van der Waals surface area contributed by atoms with E-state index < -0.39 is 10.0 Å². The number of anilines is 1. The molecule has 0 bridgehead atoms. The van der Waals surface area contributed by atoms with Crippen LogP contribution in [0.1, 0.15) is 52.9 Å². The zero-order valence-electron chi connectivity index (χ0n) is 17.2. The Morgan fingerprint density at radius 2 is 1.68 bits per heavy atom. The maximum atomic E-state index is 13.1. The molecule has 2 aliphatic heterocycles. The molecule has 2 fully saturated rings. The lowest BCUT2D eigenvalue weighted by Crippen LogP contribution is -2.47. The molecule has 2 saturated heterocycles. The number of amides is 1. The number of hydrogen-bond donors (Lipinski definition) is 1. The van der Waals surface area contributed by atoms with Crippen molar-refractivity contribution >= 4 is 21.6 Å². The normalized spacial score (nSPS) is 27.5. The summed E-state index contributed by atoms with van der Waals surface area (Å²) in [5.74, 6) is 0.577. The molecule has 3 rings (SSSR count). The van der Waals surface area contributed by atoms with Crippen LogP contribution in [0.2, 0.25) is 0 Å². The van der Waals surface area contributed by atoms with Crippen LogP contribution in [0, 0.1) is 5.92 Å². The Labute approximate surface area is 169 Å². The summed E-state index contributed by atoms with van der Waals surface area (Å²) in [6.45, 7) is 8.46. The number of carbonyl (C=O) groups is 1. The van der Waals surface area contributed by atoms with E-state index in [0.717, 1.165) is 38.8 Å². The van der Waals surface area contributed by atoms with Crippen LogP contribution in [0.5, 0.6) is 0 Å². The molecule has 0 spiro atoms. The SMILES string of the molecule is C[C@@H]1CCCN(CC(=O)Nc2ccc(S(=O)(=O)N3[C@H](C)CCC[C@@H]3C)cc2)C1. The van der Waals surface area contributed by atoms with Gasteiger partial charge in [-0.05, 0) is 76.3 Å². The summed E-state index contributed by atoms with van der Waals surface area (Å²) in [5.41, 5.74) is 0.633. The molecule has 0 unspecified atom stereocenters. The lowest BCUT2D eigenvalue weighted by atomic mass is 10.0. The fraction of sp³-hybridized carbons (Fsp3) is 0.667. The summed E-state index contributed by atoms with van der Waals surface area (Å²) >= 11 is 0. The predicted octanol–water partition coefficient (Wildman–Crippen LogP) is 3.31. The molecule has 1 aromatic carbocycles. The number of likely N-dealkylation sites (tertiary alicyclic amines) is 1. The van der Waals surface area contributed by atoms with Crippen LogP contribution in [0.4, 0.5) is 5.69 Å². The number of carbonyl (C=O) groups excluding carboxylic acids is 1. The first-order valence-electron chi connectivity index (χ1n) is 10.4. The number of rotatable bonds is 5. The van der Waals surface area contributed by atoms with Gasteiger partial charge in [0.25, 0.3) is 0 Å². The van der Waals surface area contributed by atoms with Crippen LogP contribution in [-0.4, -0.2) is 55.2 Å². The van der Waals surface area contributed by atoms with Crippen LogP contribution >= 0.6 is 0 Å². The van der Waals surface area contributed by atoms with E-state index in [0.29, 0.717) is 18.2 Å². The molecule has 7 heteroatoms. The fourth-order valence-corrected chi connectivity index (χ4v) is 6.42. The number of nitrogens with one attached hydrogen (secondary N) is 1. The number of hydrogen-bond acceptors (Lipinski definition) is 4. The average Bonchev–Trinajstić information content (AvgIpc) is 2.61. The van der Waals surface area contributed by atoms with Crippen LogP contribution in [0.15, 0.2) is 29.2 Å². The van der Waals surface area contributed by atoms with E-state index in [1.54, 1.807) is 28.6 Å². The zero-order chi connectivity index (χ0) is 20.3. The van der Waals surface area contributed by atoms with Crippen molar-refractivity contribution in [1.82, 2.24) is 9.21 Å². The van der Waals surface area contributed by atoms with Crippen LogP contribution in [-0.2, 0) is 14.8 Å². The Morgan fingerprint density at radius 1 is 1.04 bits per heavy atom. The van der Waals surface area contributed by atoms with Crippen LogP contribution in [0.3, 0.4) is 0 Å². The van der Waals surface area contributed by atoms with Gasteiger partial charge in [0.2, 0.25) is 15.9 Å². The summed E-state index contributed by atoms with van der Waals surface area (Å²) < 4.78 is 27.8. The molecule has 2 heterocycles. The monoisotopic (exact) mass is 407 g/mol. The number of benzene rings is 1. The zero-order valence-corrected chi connectivity index (χ0v) is 18.0. The summed E-state index contributed by atoms with van der Waals surface area (Å²) in [7, 11) is -3.52. The van der Waals surface area contributed by atoms with Gasteiger partial charge in [-0.15, -0.1) is 0 Å². The highest BCUT2D eigenvalue weighted by atomic mass is 32.2. The van der Waals surface area contributed by atoms with E-state index in [4.69, 9.17) is 0 Å². The number of sulfonamides is 1. The molecule has 3 atom stereocenters. The van der Waals surface area contributed by atoms with Crippen molar-refractivity contribution < 1.29 is 13.2 Å². The first kappa shape index (κ1) is 21.3. The van der Waals surface area contributed by atoms with Gasteiger partial charge in [-0.25, -0.2) is 8.42 Å². The molecule has 0 radical (unpaired) electrons. The van der Waals surface area contributed by atoms with E-state index in [1.165, 1.54) is 6.42 Å². The first-order chi connectivity index (χ1) is 13.3. The minimum atomic E-state index is -3.52. The summed E-state index contributed by atoms with van der Waals surface area (Å²) in [4.78, 5) is 14.8. The minimum Gasteiger partial charge on any atom is -0.325 e. The molecule has 1 N–H and O–H groups in total. The Hall–Kier alpha value is -1.44. The standard InChI is InChI=1S/C21H33N3O3S/c1-16-6-5-13-23(14-16)15-21(25)22-19-9-11-20(12-10-19)28(26,27)24-17(2)7-4-8-18(24)3/h9-12,16-18H,4-8,13-15H2,1-3H3,(H,22,25)/t16-,17-,18+/m1/s1. The second kappa shape index (κ2) is 8.93. The van der Waals surface area contributed by atoms with Gasteiger partial charge in [0.1, 0.15) is 0 Å². The van der Waals surface area contributed by atoms with E-state index in [9.17, 15) is 13.2 Å². The summed E-state index contributed by atoms with van der Waals surface area (Å²) in [5, 5.41) is 2.89. The van der Waals surface area contributed by atoms with E-state index >= 15 is 0 Å². The predicted molar refractivity (Wildman–Crippen MR) is 112 cm³/mol. The lowest BCUT2D eigenvalue weighted by molar-refractivity contribution is -0.117. The highest BCUT2D eigenvalue weighted by Gasteiger charge is 2.35. The maximum absolute atomic E-state index is 13.1. The van der Waals surface area contributed by atoms with Gasteiger partial charge < -0.3 is 5.32 Å². The Balaban J connectivity index is 1.63. The molecule has 1 amide bonds. The fourth-order valence-electron chi connectivity index (χ4n) is 4.54. The first-order valence-corrected chi connectivity index (χ1v) is 11.9. The molecule has 1 aromatic rings. The summed E-state index contributed by atoms with van der Waals surface area (Å²) in [6.07, 6.45) is 5.21. The minimum absolute atomic E-state index is 0.0139. The van der Waals surface area contributed by atoms with Gasteiger partial charge in [0, 0.05) is 24.3 Å². The number of nitrogens with zero attached hydrogens (tertiary/aromatic N) is 2. The molecule has 156 valence electrons. The molecule has 0 saturated carbocycles. The third-order valence-electron chi connectivity index (χ3n) is 5.93. The average molecular weight is 408 g/mol. The van der Waals surface area contributed by atoms with Crippen molar-refractivity contribution in [2.45, 2.75) is 69.9 Å². The Morgan fingerprint density at radius 3 is 2.29 bits per heavy atom. The van der Waals surface area contributed by atoms with Gasteiger partial charge in [-0.2, -0.15) is 4.31 Å². The van der Waals surface area contributed by atoms with Gasteiger partial charge in [0.05, 0.1) is 11.4 Å². The molecular formula is C21H33N3O3S. The van der Waals surface area contributed by atoms with Crippen molar-refractivity contribution in [1.29, 1.82) is 0 Å². The van der Waals surface area contributed by atoms with Crippen molar-refractivity contribution in [2.75, 3.05) is 25.0 Å². The second-order valence-electron chi connectivity index (χ2n) is 8.52. The van der Waals surface area contributed by atoms with Crippen molar-refractivity contribution in [3.05, 3.63) is 24.3 Å². The van der Waals surface area contributed by atoms with Gasteiger partial charge >= 0.3 is 0 Å². The maximum Gasteiger partial charge on any atom is 0.243 e. The van der Waals surface area contributed by atoms with Crippen molar-refractivity contribution in [2.24, 2.45) is 5.92 Å². The molecule has 0 aromatic heterocycles. The third-order valence-corrected chi connectivity index (χ3v) is 8.08. The molecule has 6 nitrogen and oxygen atoms in total. The quantitative estimate of drug-likeness (QED) is 0.813. The van der Waals surface area contributed by atoms with Crippen molar-refractivity contribution in [3.8, 4) is 0 Å². The van der Waals surface area contributed by atoms with Gasteiger partial charge in [0.15, 0.2) is 0 Å². The Kier molecular flexibility index (Phi) is 6.78. The molecular weight excluding hydrogens is 374 g/mol. The summed E-state index contributed by atoms with van der Waals surface area (Å²) in [6, 6.07) is 6.59. The third kappa shape index (κ3) is 4.93. The van der Waals surface area contributed by atoms with E-state index in [2.05, 4.69) is 17.1 Å².